The van der Waals surface area contributed by atoms with Gasteiger partial charge in [-0.25, -0.2) is 0 Å². The molecule has 1 heterocycles. The minimum Gasteiger partial charge on any atom is -0.466 e. The molecule has 2 aromatic rings. The summed E-state index contributed by atoms with van der Waals surface area (Å²) in [5.41, 5.74) is 1.40. The highest BCUT2D eigenvalue weighted by Gasteiger charge is 2.16. The minimum absolute atomic E-state index is 0.290. The van der Waals surface area contributed by atoms with Gasteiger partial charge >= 0.3 is 0 Å². The molecule has 0 aliphatic heterocycles. The third kappa shape index (κ3) is 4.22. The summed E-state index contributed by atoms with van der Waals surface area (Å²) in [4.78, 5) is 0. The van der Waals surface area contributed by atoms with Crippen LogP contribution in [0.2, 0.25) is 0 Å². The van der Waals surface area contributed by atoms with Crippen molar-refractivity contribution in [1.82, 2.24) is 5.32 Å². The maximum atomic E-state index is 5.57. The van der Waals surface area contributed by atoms with Crippen LogP contribution < -0.4 is 5.32 Å². The topological polar surface area (TPSA) is 25.2 Å². The average molecular weight is 322 g/mol. The van der Waals surface area contributed by atoms with Gasteiger partial charge in [0.2, 0.25) is 0 Å². The van der Waals surface area contributed by atoms with Gasteiger partial charge in [0.25, 0.3) is 0 Å². The largest absolute Gasteiger partial charge is 0.466 e. The van der Waals surface area contributed by atoms with Crippen molar-refractivity contribution < 1.29 is 4.42 Å². The van der Waals surface area contributed by atoms with Crippen molar-refractivity contribution in [2.75, 3.05) is 6.54 Å². The Bertz CT molecular complexity index is 481. The second-order valence-corrected chi connectivity index (χ2v) is 5.48. The molecular formula is C16H20BrNO. The van der Waals surface area contributed by atoms with E-state index in [4.69, 9.17) is 4.42 Å². The maximum absolute atomic E-state index is 5.57. The summed E-state index contributed by atoms with van der Waals surface area (Å²) in [7, 11) is 0. The van der Waals surface area contributed by atoms with Gasteiger partial charge in [-0.3, -0.25) is 0 Å². The summed E-state index contributed by atoms with van der Waals surface area (Å²) >= 11 is 3.54. The molecule has 1 aromatic heterocycles. The fourth-order valence-electron chi connectivity index (χ4n) is 2.28. The zero-order valence-corrected chi connectivity index (χ0v) is 12.8. The van der Waals surface area contributed by atoms with E-state index in [2.05, 4.69) is 58.5 Å². The zero-order valence-electron chi connectivity index (χ0n) is 11.2. The van der Waals surface area contributed by atoms with E-state index in [0.717, 1.165) is 36.0 Å². The number of halogens is 1. The van der Waals surface area contributed by atoms with Gasteiger partial charge in [0.15, 0.2) is 0 Å². The molecule has 102 valence electrons. The lowest BCUT2D eigenvalue weighted by atomic mass is 10.0. The third-order valence-corrected chi connectivity index (χ3v) is 3.87. The van der Waals surface area contributed by atoms with E-state index in [0.29, 0.717) is 0 Å². The van der Waals surface area contributed by atoms with Crippen molar-refractivity contribution in [3.8, 4) is 0 Å². The van der Waals surface area contributed by atoms with Crippen LogP contribution in [-0.2, 0) is 6.42 Å². The molecule has 1 aromatic carbocycles. The molecule has 0 aliphatic carbocycles. The highest BCUT2D eigenvalue weighted by atomic mass is 79.9. The summed E-state index contributed by atoms with van der Waals surface area (Å²) in [5, 5.41) is 3.49. The standard InChI is InChI=1S/C16H20BrNO/c1-2-18-15(16-14(17)11-12-19-16)10-6-9-13-7-4-3-5-8-13/h3-5,7-8,11-12,15,18H,2,6,9-10H2,1H3. The van der Waals surface area contributed by atoms with E-state index in [9.17, 15) is 0 Å². The molecule has 2 nitrogen and oxygen atoms in total. The molecule has 0 saturated heterocycles. The number of furan rings is 1. The van der Waals surface area contributed by atoms with Crippen LogP contribution in [0.5, 0.6) is 0 Å². The van der Waals surface area contributed by atoms with Crippen LogP contribution in [0, 0.1) is 0 Å². The Kier molecular flexibility index (Phi) is 5.67. The first-order valence-electron chi connectivity index (χ1n) is 6.81. The van der Waals surface area contributed by atoms with Crippen molar-refractivity contribution in [3.63, 3.8) is 0 Å². The number of aryl methyl sites for hydroxylation is 1. The summed E-state index contributed by atoms with van der Waals surface area (Å²) in [5.74, 6) is 1.01. The fraction of sp³-hybridized carbons (Fsp3) is 0.375. The minimum atomic E-state index is 0.290. The molecular weight excluding hydrogens is 302 g/mol. The van der Waals surface area contributed by atoms with Gasteiger partial charge in [-0.05, 0) is 53.4 Å². The van der Waals surface area contributed by atoms with Gasteiger partial charge in [-0.15, -0.1) is 0 Å². The quantitative estimate of drug-likeness (QED) is 0.798. The number of nitrogens with one attached hydrogen (secondary N) is 1. The van der Waals surface area contributed by atoms with Crippen LogP contribution in [0.25, 0.3) is 0 Å². The highest BCUT2D eigenvalue weighted by molar-refractivity contribution is 9.10. The van der Waals surface area contributed by atoms with E-state index in [1.165, 1.54) is 5.56 Å². The molecule has 0 spiro atoms. The smallest absolute Gasteiger partial charge is 0.134 e. The Morgan fingerprint density at radius 3 is 2.63 bits per heavy atom. The van der Waals surface area contributed by atoms with Crippen LogP contribution in [0.15, 0.2) is 51.6 Å². The second-order valence-electron chi connectivity index (χ2n) is 4.62. The molecule has 0 saturated carbocycles. The van der Waals surface area contributed by atoms with Gasteiger partial charge in [0.05, 0.1) is 16.8 Å². The molecule has 0 bridgehead atoms. The first-order chi connectivity index (χ1) is 9.31. The first-order valence-corrected chi connectivity index (χ1v) is 7.60. The van der Waals surface area contributed by atoms with E-state index in [1.807, 2.05) is 6.07 Å². The highest BCUT2D eigenvalue weighted by Crippen LogP contribution is 2.28. The molecule has 19 heavy (non-hydrogen) atoms. The van der Waals surface area contributed by atoms with E-state index in [1.54, 1.807) is 6.26 Å². The Labute approximate surface area is 123 Å². The van der Waals surface area contributed by atoms with Crippen LogP contribution in [0.1, 0.15) is 37.1 Å². The van der Waals surface area contributed by atoms with Crippen molar-refractivity contribution in [3.05, 3.63) is 58.5 Å². The average Bonchev–Trinajstić information content (AvgIpc) is 2.85. The Morgan fingerprint density at radius 1 is 1.21 bits per heavy atom. The van der Waals surface area contributed by atoms with Gasteiger partial charge in [0.1, 0.15) is 5.76 Å². The van der Waals surface area contributed by atoms with Gasteiger partial charge in [-0.1, -0.05) is 37.3 Å². The summed E-state index contributed by atoms with van der Waals surface area (Å²) in [6.07, 6.45) is 5.08. The van der Waals surface area contributed by atoms with E-state index in [-0.39, 0.29) is 6.04 Å². The molecule has 2 rings (SSSR count). The van der Waals surface area contributed by atoms with Crippen LogP contribution in [0.3, 0.4) is 0 Å². The van der Waals surface area contributed by atoms with E-state index >= 15 is 0 Å². The number of benzene rings is 1. The summed E-state index contributed by atoms with van der Waals surface area (Å²) in [6, 6.07) is 12.9. The molecule has 0 radical (unpaired) electrons. The zero-order chi connectivity index (χ0) is 13.5. The van der Waals surface area contributed by atoms with Crippen molar-refractivity contribution in [2.45, 2.75) is 32.2 Å². The second kappa shape index (κ2) is 7.51. The fourth-order valence-corrected chi connectivity index (χ4v) is 2.76. The first kappa shape index (κ1) is 14.4. The monoisotopic (exact) mass is 321 g/mol. The van der Waals surface area contributed by atoms with Gasteiger partial charge < -0.3 is 9.73 Å². The van der Waals surface area contributed by atoms with Crippen LogP contribution >= 0.6 is 15.9 Å². The normalized spacial score (nSPS) is 12.5. The van der Waals surface area contributed by atoms with E-state index < -0.39 is 0 Å². The van der Waals surface area contributed by atoms with Crippen LogP contribution in [0.4, 0.5) is 0 Å². The molecule has 3 heteroatoms. The molecule has 1 N–H and O–H groups in total. The molecule has 0 amide bonds. The van der Waals surface area contributed by atoms with Crippen molar-refractivity contribution in [1.29, 1.82) is 0 Å². The predicted octanol–water partition coefficient (Wildman–Crippen LogP) is 4.72. The number of hydrogen-bond donors (Lipinski definition) is 1. The number of hydrogen-bond acceptors (Lipinski definition) is 2. The Morgan fingerprint density at radius 2 is 2.00 bits per heavy atom. The SMILES string of the molecule is CCNC(CCCc1ccccc1)c1occc1Br. The molecule has 1 unspecified atom stereocenters. The molecule has 0 aliphatic rings. The third-order valence-electron chi connectivity index (χ3n) is 3.21. The molecule has 1 atom stereocenters. The van der Waals surface area contributed by atoms with Crippen molar-refractivity contribution in [2.24, 2.45) is 0 Å². The lowest BCUT2D eigenvalue weighted by Gasteiger charge is -2.16. The predicted molar refractivity (Wildman–Crippen MR) is 82.2 cm³/mol. The maximum Gasteiger partial charge on any atom is 0.134 e. The molecule has 0 fully saturated rings. The van der Waals surface area contributed by atoms with Crippen LogP contribution in [-0.4, -0.2) is 6.54 Å². The summed E-state index contributed by atoms with van der Waals surface area (Å²) in [6.45, 7) is 3.07. The lowest BCUT2D eigenvalue weighted by Crippen LogP contribution is -2.20. The Balaban J connectivity index is 1.89. The lowest BCUT2D eigenvalue weighted by molar-refractivity contribution is 0.393. The number of rotatable bonds is 7. The Hall–Kier alpha value is -1.06. The van der Waals surface area contributed by atoms with Crippen molar-refractivity contribution >= 4 is 15.9 Å². The summed E-state index contributed by atoms with van der Waals surface area (Å²) < 4.78 is 6.63. The van der Waals surface area contributed by atoms with Gasteiger partial charge in [0, 0.05) is 0 Å². The van der Waals surface area contributed by atoms with Gasteiger partial charge in [-0.2, -0.15) is 0 Å².